The average molecular weight is 472 g/mol. The van der Waals surface area contributed by atoms with E-state index in [0.29, 0.717) is 5.92 Å². The molecule has 0 heterocycles. The highest BCUT2D eigenvalue weighted by Gasteiger charge is 2.38. The van der Waals surface area contributed by atoms with Crippen molar-refractivity contribution in [3.05, 3.63) is 64.5 Å². The van der Waals surface area contributed by atoms with Crippen molar-refractivity contribution in [3.8, 4) is 5.75 Å². The van der Waals surface area contributed by atoms with Gasteiger partial charge in [-0.3, -0.25) is 0 Å². The molecule has 2 nitrogen and oxygen atoms in total. The number of benzene rings is 2. The Bertz CT molecular complexity index is 954. The molecule has 1 saturated carbocycles. The minimum Gasteiger partial charge on any atom is -0.423 e. The zero-order valence-electron chi connectivity index (χ0n) is 18.3. The van der Waals surface area contributed by atoms with Crippen molar-refractivity contribution >= 4 is 5.97 Å². The number of ether oxygens (including phenoxy) is 1. The molecule has 0 amide bonds. The summed E-state index contributed by atoms with van der Waals surface area (Å²) in [6.45, 7) is 2.17. The number of carbonyl (C=O) groups is 1. The molecule has 1 aliphatic rings. The minimum absolute atomic E-state index is 0.185. The van der Waals surface area contributed by atoms with E-state index < -0.39 is 46.5 Å². The highest BCUT2D eigenvalue weighted by molar-refractivity contribution is 5.91. The Morgan fingerprint density at radius 3 is 2.12 bits per heavy atom. The Balaban J connectivity index is 1.65. The van der Waals surface area contributed by atoms with Crippen LogP contribution in [-0.4, -0.2) is 5.97 Å². The number of halogens is 6. The Morgan fingerprint density at radius 2 is 1.58 bits per heavy atom. The second kappa shape index (κ2) is 10.6. The smallest absolute Gasteiger partial charge is 0.422 e. The minimum atomic E-state index is -5.24. The number of hydrogen-bond donors (Lipinski definition) is 0. The van der Waals surface area contributed by atoms with Crippen LogP contribution < -0.4 is 4.74 Å². The molecule has 2 aromatic rings. The van der Waals surface area contributed by atoms with Crippen LogP contribution in [-0.2, 0) is 6.18 Å². The second-order valence-electron chi connectivity index (χ2n) is 8.60. The van der Waals surface area contributed by atoms with Gasteiger partial charge in [0.15, 0.2) is 0 Å². The third-order valence-electron chi connectivity index (χ3n) is 6.26. The van der Waals surface area contributed by atoms with Gasteiger partial charge in [0, 0.05) is 12.1 Å². The molecule has 8 heteroatoms. The molecule has 0 atom stereocenters. The van der Waals surface area contributed by atoms with E-state index in [0.717, 1.165) is 31.2 Å². The SMILES string of the molecule is CCCCCC1CCC(c2ccc(C(=O)Oc3cc(F)c(C(F)(F)F)c(F)c3)c(F)c2)CC1. The van der Waals surface area contributed by atoms with Crippen LogP contribution in [0.5, 0.6) is 5.75 Å². The Morgan fingerprint density at radius 1 is 0.939 bits per heavy atom. The number of unbranched alkanes of at least 4 members (excludes halogenated alkanes) is 2. The summed E-state index contributed by atoms with van der Waals surface area (Å²) in [6, 6.07) is 4.60. The van der Waals surface area contributed by atoms with Crippen LogP contribution in [0.25, 0.3) is 0 Å². The van der Waals surface area contributed by atoms with Gasteiger partial charge in [0.1, 0.15) is 28.8 Å². The quantitative estimate of drug-likeness (QED) is 0.176. The highest BCUT2D eigenvalue weighted by atomic mass is 19.4. The lowest BCUT2D eigenvalue weighted by Crippen LogP contribution is -2.16. The van der Waals surface area contributed by atoms with Crippen LogP contribution in [0.2, 0.25) is 0 Å². The highest BCUT2D eigenvalue weighted by Crippen LogP contribution is 2.38. The van der Waals surface area contributed by atoms with E-state index >= 15 is 0 Å². The third kappa shape index (κ3) is 6.30. The van der Waals surface area contributed by atoms with E-state index in [-0.39, 0.29) is 18.1 Å². The van der Waals surface area contributed by atoms with Gasteiger partial charge in [0.2, 0.25) is 0 Å². The Hall–Kier alpha value is -2.51. The van der Waals surface area contributed by atoms with Crippen molar-refractivity contribution in [3.63, 3.8) is 0 Å². The standard InChI is InChI=1S/C25H26F6O2/c1-2-3-4-5-15-6-8-16(9-7-15)17-10-11-19(20(26)12-17)24(32)33-18-13-21(27)23(22(28)14-18)25(29,30)31/h10-16H,2-9H2,1H3. The molecule has 0 radical (unpaired) electrons. The molecule has 1 fully saturated rings. The lowest BCUT2D eigenvalue weighted by molar-refractivity contribution is -0.142. The first-order chi connectivity index (χ1) is 15.6. The summed E-state index contributed by atoms with van der Waals surface area (Å²) >= 11 is 0. The van der Waals surface area contributed by atoms with Crippen molar-refractivity contribution < 1.29 is 35.9 Å². The number of rotatable bonds is 7. The van der Waals surface area contributed by atoms with E-state index in [1.54, 1.807) is 6.07 Å². The topological polar surface area (TPSA) is 26.3 Å². The first-order valence-electron chi connectivity index (χ1n) is 11.2. The number of carbonyl (C=O) groups excluding carboxylic acids is 1. The summed E-state index contributed by atoms with van der Waals surface area (Å²) in [7, 11) is 0. The van der Waals surface area contributed by atoms with Crippen molar-refractivity contribution in [2.45, 2.75) is 70.4 Å². The molecule has 1 aliphatic carbocycles. The zero-order chi connectivity index (χ0) is 24.2. The summed E-state index contributed by atoms with van der Waals surface area (Å²) in [5, 5.41) is 0. The summed E-state index contributed by atoms with van der Waals surface area (Å²) in [6.07, 6.45) is 3.63. The van der Waals surface area contributed by atoms with Gasteiger partial charge >= 0.3 is 12.1 Å². The maximum Gasteiger partial charge on any atom is 0.422 e. The first kappa shape index (κ1) is 25.1. The number of esters is 1. The van der Waals surface area contributed by atoms with E-state index in [1.165, 1.54) is 37.8 Å². The van der Waals surface area contributed by atoms with Crippen molar-refractivity contribution in [2.24, 2.45) is 5.92 Å². The molecule has 0 bridgehead atoms. The summed E-state index contributed by atoms with van der Waals surface area (Å²) in [5.41, 5.74) is -1.78. The van der Waals surface area contributed by atoms with Crippen LogP contribution in [0.3, 0.4) is 0 Å². The van der Waals surface area contributed by atoms with Gasteiger partial charge in [-0.2, -0.15) is 13.2 Å². The second-order valence-corrected chi connectivity index (χ2v) is 8.60. The van der Waals surface area contributed by atoms with Crippen LogP contribution >= 0.6 is 0 Å². The van der Waals surface area contributed by atoms with E-state index in [9.17, 15) is 31.1 Å². The first-order valence-corrected chi connectivity index (χ1v) is 11.2. The van der Waals surface area contributed by atoms with Gasteiger partial charge in [-0.05, 0) is 55.2 Å². The van der Waals surface area contributed by atoms with Crippen LogP contribution in [0, 0.1) is 23.4 Å². The van der Waals surface area contributed by atoms with E-state index in [4.69, 9.17) is 4.74 Å². The molecule has 0 saturated heterocycles. The van der Waals surface area contributed by atoms with Crippen molar-refractivity contribution in [1.29, 1.82) is 0 Å². The predicted octanol–water partition coefficient (Wildman–Crippen LogP) is 8.20. The normalized spacial score (nSPS) is 18.9. The Kier molecular flexibility index (Phi) is 8.08. The fraction of sp³-hybridized carbons (Fsp3) is 0.480. The van der Waals surface area contributed by atoms with Gasteiger partial charge in [0.25, 0.3) is 0 Å². The molecule has 0 aromatic heterocycles. The molecule has 0 N–H and O–H groups in total. The van der Waals surface area contributed by atoms with E-state index in [2.05, 4.69) is 6.92 Å². The van der Waals surface area contributed by atoms with Gasteiger partial charge in [-0.15, -0.1) is 0 Å². The summed E-state index contributed by atoms with van der Waals surface area (Å²) < 4.78 is 84.7. The molecule has 0 spiro atoms. The summed E-state index contributed by atoms with van der Waals surface area (Å²) in [4.78, 5) is 12.3. The molecule has 2 aromatic carbocycles. The maximum atomic E-state index is 14.6. The van der Waals surface area contributed by atoms with Gasteiger partial charge in [0.05, 0.1) is 5.56 Å². The molecule has 180 valence electrons. The lowest BCUT2D eigenvalue weighted by Gasteiger charge is -2.29. The predicted molar refractivity (Wildman–Crippen MR) is 112 cm³/mol. The lowest BCUT2D eigenvalue weighted by atomic mass is 9.77. The van der Waals surface area contributed by atoms with Crippen LogP contribution in [0.1, 0.15) is 85.7 Å². The number of hydrogen-bond acceptors (Lipinski definition) is 2. The zero-order valence-corrected chi connectivity index (χ0v) is 18.3. The average Bonchev–Trinajstić information content (AvgIpc) is 2.72. The molecule has 0 aliphatic heterocycles. The Labute approximate surface area is 188 Å². The van der Waals surface area contributed by atoms with Crippen LogP contribution in [0.4, 0.5) is 26.3 Å². The molecule has 3 rings (SSSR count). The monoisotopic (exact) mass is 472 g/mol. The van der Waals surface area contributed by atoms with Crippen molar-refractivity contribution in [1.82, 2.24) is 0 Å². The summed E-state index contributed by atoms with van der Waals surface area (Å²) in [5.74, 6) is -5.86. The van der Waals surface area contributed by atoms with Gasteiger partial charge < -0.3 is 4.74 Å². The molecular weight excluding hydrogens is 446 g/mol. The van der Waals surface area contributed by atoms with Gasteiger partial charge in [-0.25, -0.2) is 18.0 Å². The van der Waals surface area contributed by atoms with Crippen molar-refractivity contribution in [2.75, 3.05) is 0 Å². The third-order valence-corrected chi connectivity index (χ3v) is 6.26. The van der Waals surface area contributed by atoms with Crippen LogP contribution in [0.15, 0.2) is 30.3 Å². The molecule has 33 heavy (non-hydrogen) atoms. The van der Waals surface area contributed by atoms with Gasteiger partial charge in [-0.1, -0.05) is 38.7 Å². The maximum absolute atomic E-state index is 14.6. The molecule has 0 unspecified atom stereocenters. The fourth-order valence-corrected chi connectivity index (χ4v) is 4.46. The molecular formula is C25H26F6O2. The number of alkyl halides is 3. The van der Waals surface area contributed by atoms with E-state index in [1.807, 2.05) is 0 Å². The fourth-order valence-electron chi connectivity index (χ4n) is 4.46. The largest absolute Gasteiger partial charge is 0.423 e.